The number of methoxy groups -OCH3 is 2. The average Bonchev–Trinajstić information content (AvgIpc) is 2.55. The van der Waals surface area contributed by atoms with Gasteiger partial charge >= 0.3 is 18.0 Å². The van der Waals surface area contributed by atoms with Crippen molar-refractivity contribution < 1.29 is 23.9 Å². The number of benzene rings is 1. The number of nitrogens with zero attached hydrogens (tertiary/aromatic N) is 1. The molecule has 0 radical (unpaired) electrons. The Kier molecular flexibility index (Phi) is 4.85. The number of fused-ring (bicyclic) bond motifs is 1. The largest absolute Gasteiger partial charge is 0.466 e. The molecule has 0 bridgehead atoms. The standard InChI is InChI=1S/C15H17N3O5/c1-18-8-9-10(5-4-6-11(9)17-15(18)21)16-12(14(20)23-3)7-13(19)22-2/h4-7,16H,8H2,1-3H3,(H,17,21)/b12-7+. The first kappa shape index (κ1) is 16.3. The third kappa shape index (κ3) is 3.60. The highest BCUT2D eigenvalue weighted by molar-refractivity contribution is 6.00. The van der Waals surface area contributed by atoms with E-state index in [1.54, 1.807) is 25.2 Å². The maximum atomic E-state index is 11.8. The van der Waals surface area contributed by atoms with Crippen LogP contribution in [0.5, 0.6) is 0 Å². The molecule has 1 aliphatic heterocycles. The second-order valence-electron chi connectivity index (χ2n) is 4.82. The summed E-state index contributed by atoms with van der Waals surface area (Å²) >= 11 is 0. The van der Waals surface area contributed by atoms with Crippen molar-refractivity contribution in [2.24, 2.45) is 0 Å². The number of carbonyl (C=O) groups is 3. The summed E-state index contributed by atoms with van der Waals surface area (Å²) in [4.78, 5) is 36.4. The van der Waals surface area contributed by atoms with Crippen LogP contribution in [0.25, 0.3) is 0 Å². The molecule has 1 aromatic rings. The number of hydrogen-bond donors (Lipinski definition) is 2. The van der Waals surface area contributed by atoms with E-state index in [2.05, 4.69) is 20.1 Å². The molecule has 0 unspecified atom stereocenters. The molecule has 0 saturated heterocycles. The third-order valence-electron chi connectivity index (χ3n) is 3.30. The van der Waals surface area contributed by atoms with E-state index in [0.717, 1.165) is 11.6 Å². The van der Waals surface area contributed by atoms with Gasteiger partial charge in [-0.2, -0.15) is 0 Å². The zero-order valence-corrected chi connectivity index (χ0v) is 13.0. The Labute approximate surface area is 133 Å². The van der Waals surface area contributed by atoms with Gasteiger partial charge < -0.3 is 25.0 Å². The van der Waals surface area contributed by atoms with Crippen LogP contribution < -0.4 is 10.6 Å². The summed E-state index contributed by atoms with van der Waals surface area (Å²) < 4.78 is 9.18. The quantitative estimate of drug-likeness (QED) is 0.641. The van der Waals surface area contributed by atoms with Crippen LogP contribution in [0, 0.1) is 0 Å². The lowest BCUT2D eigenvalue weighted by atomic mass is 10.1. The van der Waals surface area contributed by atoms with Crippen LogP contribution in [0.2, 0.25) is 0 Å². The molecule has 122 valence electrons. The predicted molar refractivity (Wildman–Crippen MR) is 82.7 cm³/mol. The highest BCUT2D eigenvalue weighted by atomic mass is 16.5. The zero-order chi connectivity index (χ0) is 17.0. The molecule has 0 aliphatic carbocycles. The molecule has 0 aromatic heterocycles. The van der Waals surface area contributed by atoms with E-state index in [9.17, 15) is 14.4 Å². The number of nitrogens with one attached hydrogen (secondary N) is 2. The molecular weight excluding hydrogens is 302 g/mol. The van der Waals surface area contributed by atoms with Gasteiger partial charge in [0, 0.05) is 24.0 Å². The number of esters is 2. The van der Waals surface area contributed by atoms with E-state index in [1.807, 2.05) is 0 Å². The summed E-state index contributed by atoms with van der Waals surface area (Å²) in [6, 6.07) is 5.00. The Morgan fingerprint density at radius 2 is 2.04 bits per heavy atom. The fourth-order valence-corrected chi connectivity index (χ4v) is 2.09. The number of hydrogen-bond acceptors (Lipinski definition) is 6. The summed E-state index contributed by atoms with van der Waals surface area (Å²) in [5.74, 6) is -1.39. The Hall–Kier alpha value is -3.03. The van der Waals surface area contributed by atoms with Crippen molar-refractivity contribution in [2.75, 3.05) is 31.9 Å². The van der Waals surface area contributed by atoms with Crippen LogP contribution in [0.4, 0.5) is 16.2 Å². The second-order valence-corrected chi connectivity index (χ2v) is 4.82. The number of rotatable bonds is 4. The average molecular weight is 319 g/mol. The minimum Gasteiger partial charge on any atom is -0.466 e. The molecule has 2 N–H and O–H groups in total. The van der Waals surface area contributed by atoms with Gasteiger partial charge in [-0.15, -0.1) is 0 Å². The first-order chi connectivity index (χ1) is 11.0. The van der Waals surface area contributed by atoms with Gasteiger partial charge in [0.15, 0.2) is 0 Å². The fraction of sp³-hybridized carbons (Fsp3) is 0.267. The minimum atomic E-state index is -0.707. The fourth-order valence-electron chi connectivity index (χ4n) is 2.09. The SMILES string of the molecule is COC(=O)/C=C(/Nc1cccc2c1CN(C)C(=O)N2)C(=O)OC. The van der Waals surface area contributed by atoms with Gasteiger partial charge in [0.2, 0.25) is 0 Å². The number of urea groups is 1. The second kappa shape index (κ2) is 6.82. The summed E-state index contributed by atoms with van der Waals surface area (Å²) in [6.45, 7) is 0.358. The third-order valence-corrected chi connectivity index (χ3v) is 3.30. The molecule has 1 aliphatic rings. The molecule has 1 aromatic carbocycles. The Bertz CT molecular complexity index is 684. The number of carbonyl (C=O) groups excluding carboxylic acids is 3. The van der Waals surface area contributed by atoms with Crippen molar-refractivity contribution in [3.05, 3.63) is 35.5 Å². The molecule has 8 heteroatoms. The Morgan fingerprint density at radius 3 is 2.70 bits per heavy atom. The van der Waals surface area contributed by atoms with Crippen molar-refractivity contribution in [1.29, 1.82) is 0 Å². The normalized spacial score (nSPS) is 13.8. The number of anilines is 2. The highest BCUT2D eigenvalue weighted by Gasteiger charge is 2.23. The topological polar surface area (TPSA) is 97.0 Å². The molecular formula is C15H17N3O5. The molecule has 0 saturated carbocycles. The maximum Gasteiger partial charge on any atom is 0.354 e. The zero-order valence-electron chi connectivity index (χ0n) is 13.0. The van der Waals surface area contributed by atoms with Crippen LogP contribution in [-0.4, -0.2) is 44.1 Å². The van der Waals surface area contributed by atoms with Crippen LogP contribution in [0.15, 0.2) is 30.0 Å². The monoisotopic (exact) mass is 319 g/mol. The number of ether oxygens (including phenoxy) is 2. The molecule has 1 heterocycles. The smallest absolute Gasteiger partial charge is 0.354 e. The van der Waals surface area contributed by atoms with E-state index >= 15 is 0 Å². The van der Waals surface area contributed by atoms with Crippen LogP contribution >= 0.6 is 0 Å². The minimum absolute atomic E-state index is 0.0627. The van der Waals surface area contributed by atoms with Crippen molar-refractivity contribution in [3.8, 4) is 0 Å². The summed E-state index contributed by atoms with van der Waals surface area (Å²) in [7, 11) is 4.08. The van der Waals surface area contributed by atoms with E-state index < -0.39 is 11.9 Å². The van der Waals surface area contributed by atoms with E-state index in [0.29, 0.717) is 17.9 Å². The first-order valence-electron chi connectivity index (χ1n) is 6.75. The van der Waals surface area contributed by atoms with Gasteiger partial charge in [0.05, 0.1) is 26.8 Å². The van der Waals surface area contributed by atoms with Crippen LogP contribution in [-0.2, 0) is 25.6 Å². The van der Waals surface area contributed by atoms with E-state index in [-0.39, 0.29) is 11.7 Å². The predicted octanol–water partition coefficient (Wildman–Crippen LogP) is 1.31. The molecule has 2 amide bonds. The molecule has 0 fully saturated rings. The summed E-state index contributed by atoms with van der Waals surface area (Å²) in [6.07, 6.45) is 1.01. The van der Waals surface area contributed by atoms with Crippen molar-refractivity contribution in [1.82, 2.24) is 4.90 Å². The van der Waals surface area contributed by atoms with Gasteiger partial charge in [-0.05, 0) is 12.1 Å². The van der Waals surface area contributed by atoms with Crippen LogP contribution in [0.1, 0.15) is 5.56 Å². The lowest BCUT2D eigenvalue weighted by molar-refractivity contribution is -0.138. The van der Waals surface area contributed by atoms with E-state index in [4.69, 9.17) is 0 Å². The Morgan fingerprint density at radius 1 is 1.30 bits per heavy atom. The van der Waals surface area contributed by atoms with Gasteiger partial charge in [0.25, 0.3) is 0 Å². The molecule has 8 nitrogen and oxygen atoms in total. The summed E-state index contributed by atoms with van der Waals surface area (Å²) in [5, 5.41) is 5.60. The highest BCUT2D eigenvalue weighted by Crippen LogP contribution is 2.30. The van der Waals surface area contributed by atoms with Crippen molar-refractivity contribution >= 4 is 29.3 Å². The summed E-state index contributed by atoms with van der Waals surface area (Å²) in [5.41, 5.74) is 1.94. The number of amides is 2. The van der Waals surface area contributed by atoms with Gasteiger partial charge in [0.1, 0.15) is 5.70 Å². The molecule has 23 heavy (non-hydrogen) atoms. The molecule has 0 spiro atoms. The van der Waals surface area contributed by atoms with Crippen LogP contribution in [0.3, 0.4) is 0 Å². The lowest BCUT2D eigenvalue weighted by Gasteiger charge is -2.28. The van der Waals surface area contributed by atoms with Gasteiger partial charge in [-0.1, -0.05) is 6.07 Å². The molecule has 0 atom stereocenters. The van der Waals surface area contributed by atoms with Crippen molar-refractivity contribution in [2.45, 2.75) is 6.54 Å². The lowest BCUT2D eigenvalue weighted by Crippen LogP contribution is -2.35. The van der Waals surface area contributed by atoms with Gasteiger partial charge in [-0.25, -0.2) is 14.4 Å². The maximum absolute atomic E-state index is 11.8. The van der Waals surface area contributed by atoms with E-state index in [1.165, 1.54) is 19.1 Å². The Balaban J connectivity index is 2.36. The first-order valence-corrected chi connectivity index (χ1v) is 6.75. The molecule has 2 rings (SSSR count). The van der Waals surface area contributed by atoms with Crippen molar-refractivity contribution in [3.63, 3.8) is 0 Å². The van der Waals surface area contributed by atoms with Gasteiger partial charge in [-0.3, -0.25) is 0 Å².